The van der Waals surface area contributed by atoms with Crippen molar-refractivity contribution in [3.8, 4) is 0 Å². The van der Waals surface area contributed by atoms with Crippen LogP contribution in [0.2, 0.25) is 5.02 Å². The molecule has 1 N–H and O–H groups in total. The highest BCUT2D eigenvalue weighted by Gasteiger charge is 2.13. The summed E-state index contributed by atoms with van der Waals surface area (Å²) in [5.74, 6) is -0.352. The van der Waals surface area contributed by atoms with Gasteiger partial charge in [-0.25, -0.2) is 4.39 Å². The fourth-order valence-electron chi connectivity index (χ4n) is 1.98. The van der Waals surface area contributed by atoms with Crippen LogP contribution in [0, 0.1) is 12.7 Å². The Balaban J connectivity index is 2.25. The molecule has 0 radical (unpaired) electrons. The number of benzene rings is 2. The van der Waals surface area contributed by atoms with E-state index in [1.165, 1.54) is 12.1 Å². The summed E-state index contributed by atoms with van der Waals surface area (Å²) in [6.45, 7) is 1.95. The lowest BCUT2D eigenvalue weighted by molar-refractivity contribution is 0.177. The van der Waals surface area contributed by atoms with E-state index in [-0.39, 0.29) is 12.2 Å². The minimum absolute atomic E-state index is 0.197. The molecule has 0 spiro atoms. The Morgan fingerprint density at radius 2 is 2.00 bits per heavy atom. The van der Waals surface area contributed by atoms with Crippen LogP contribution >= 0.6 is 27.5 Å². The van der Waals surface area contributed by atoms with Gasteiger partial charge in [-0.3, -0.25) is 0 Å². The molecular formula is C15H13BrClFO. The predicted molar refractivity (Wildman–Crippen MR) is 79.0 cm³/mol. The molecule has 100 valence electrons. The molecule has 0 saturated heterocycles. The smallest absolute Gasteiger partial charge is 0.126 e. The zero-order valence-corrected chi connectivity index (χ0v) is 12.7. The Morgan fingerprint density at radius 1 is 1.26 bits per heavy atom. The molecule has 2 aromatic rings. The van der Waals surface area contributed by atoms with Crippen LogP contribution in [0.25, 0.3) is 0 Å². The van der Waals surface area contributed by atoms with E-state index in [1.54, 1.807) is 6.07 Å². The Morgan fingerprint density at radius 3 is 2.68 bits per heavy atom. The van der Waals surface area contributed by atoms with Crippen molar-refractivity contribution in [1.82, 2.24) is 0 Å². The second-order valence-electron chi connectivity index (χ2n) is 4.52. The highest BCUT2D eigenvalue weighted by atomic mass is 79.9. The molecule has 2 aromatic carbocycles. The Kier molecular flexibility index (Phi) is 4.61. The van der Waals surface area contributed by atoms with Crippen molar-refractivity contribution in [2.24, 2.45) is 0 Å². The summed E-state index contributed by atoms with van der Waals surface area (Å²) in [4.78, 5) is 0. The van der Waals surface area contributed by atoms with Crippen molar-refractivity contribution in [2.75, 3.05) is 0 Å². The molecule has 0 fully saturated rings. The number of aliphatic hydroxyl groups is 1. The number of halogens is 3. The van der Waals surface area contributed by atoms with Crippen molar-refractivity contribution >= 4 is 27.5 Å². The molecule has 0 aromatic heterocycles. The molecule has 1 nitrogen and oxygen atoms in total. The first-order valence-electron chi connectivity index (χ1n) is 5.85. The normalized spacial score (nSPS) is 12.5. The first kappa shape index (κ1) is 14.5. The van der Waals surface area contributed by atoms with Crippen LogP contribution in [0.5, 0.6) is 0 Å². The van der Waals surface area contributed by atoms with Gasteiger partial charge in [-0.05, 0) is 53.9 Å². The van der Waals surface area contributed by atoms with Crippen LogP contribution in [0.3, 0.4) is 0 Å². The van der Waals surface area contributed by atoms with Crippen LogP contribution in [-0.2, 0) is 6.42 Å². The van der Waals surface area contributed by atoms with Gasteiger partial charge in [0.05, 0.1) is 6.10 Å². The van der Waals surface area contributed by atoms with E-state index in [9.17, 15) is 9.50 Å². The molecule has 4 heteroatoms. The Bertz CT molecular complexity index is 580. The van der Waals surface area contributed by atoms with E-state index in [4.69, 9.17) is 11.6 Å². The standard InChI is InChI=1S/C15H13BrClFO/c1-9-4-11(6-12(16)5-9)15(19)8-10-7-13(17)2-3-14(10)18/h2-7,15,19H,8H2,1H3. The van der Waals surface area contributed by atoms with E-state index in [0.29, 0.717) is 10.6 Å². The van der Waals surface area contributed by atoms with Crippen LogP contribution in [0.1, 0.15) is 22.8 Å². The summed E-state index contributed by atoms with van der Waals surface area (Å²) in [5, 5.41) is 10.7. The number of hydrogen-bond donors (Lipinski definition) is 1. The number of hydrogen-bond acceptors (Lipinski definition) is 1. The second-order valence-corrected chi connectivity index (χ2v) is 5.87. The molecule has 0 saturated carbocycles. The van der Waals surface area contributed by atoms with Crippen LogP contribution in [0.15, 0.2) is 40.9 Å². The summed E-state index contributed by atoms with van der Waals surface area (Å²) in [6, 6.07) is 10.0. The quantitative estimate of drug-likeness (QED) is 0.846. The lowest BCUT2D eigenvalue weighted by Crippen LogP contribution is -2.04. The SMILES string of the molecule is Cc1cc(Br)cc(C(O)Cc2cc(Cl)ccc2F)c1. The van der Waals surface area contributed by atoms with E-state index in [2.05, 4.69) is 15.9 Å². The third-order valence-corrected chi connectivity index (χ3v) is 3.56. The fraction of sp³-hybridized carbons (Fsp3) is 0.200. The predicted octanol–water partition coefficient (Wildman–Crippen LogP) is 4.83. The summed E-state index contributed by atoms with van der Waals surface area (Å²) in [7, 11) is 0. The first-order chi connectivity index (χ1) is 8.95. The number of aliphatic hydroxyl groups excluding tert-OH is 1. The van der Waals surface area contributed by atoms with E-state index >= 15 is 0 Å². The lowest BCUT2D eigenvalue weighted by atomic mass is 10.00. The molecule has 0 aliphatic heterocycles. The van der Waals surface area contributed by atoms with Gasteiger partial charge >= 0.3 is 0 Å². The Labute approximate surface area is 125 Å². The van der Waals surface area contributed by atoms with Gasteiger partial charge in [0, 0.05) is 15.9 Å². The van der Waals surface area contributed by atoms with Gasteiger partial charge in [0.2, 0.25) is 0 Å². The van der Waals surface area contributed by atoms with E-state index in [0.717, 1.165) is 15.6 Å². The highest BCUT2D eigenvalue weighted by molar-refractivity contribution is 9.10. The van der Waals surface area contributed by atoms with Gasteiger partial charge in [-0.2, -0.15) is 0 Å². The molecule has 2 rings (SSSR count). The van der Waals surface area contributed by atoms with Gasteiger partial charge < -0.3 is 5.11 Å². The summed E-state index contributed by atoms with van der Waals surface area (Å²) >= 11 is 9.23. The van der Waals surface area contributed by atoms with Gasteiger partial charge in [0.15, 0.2) is 0 Å². The first-order valence-corrected chi connectivity index (χ1v) is 7.02. The van der Waals surface area contributed by atoms with Crippen LogP contribution in [-0.4, -0.2) is 5.11 Å². The molecule has 1 atom stereocenters. The molecule has 19 heavy (non-hydrogen) atoms. The van der Waals surface area contributed by atoms with Gasteiger partial charge in [-0.1, -0.05) is 33.6 Å². The average Bonchev–Trinajstić information content (AvgIpc) is 2.32. The third kappa shape index (κ3) is 3.78. The molecule has 1 unspecified atom stereocenters. The topological polar surface area (TPSA) is 20.2 Å². The molecule has 0 amide bonds. The molecule has 0 heterocycles. The summed E-state index contributed by atoms with van der Waals surface area (Å²) in [6.07, 6.45) is -0.563. The number of aryl methyl sites for hydroxylation is 1. The Hall–Kier alpha value is -0.900. The minimum Gasteiger partial charge on any atom is -0.388 e. The lowest BCUT2D eigenvalue weighted by Gasteiger charge is -2.13. The molecule has 0 aliphatic carbocycles. The maximum atomic E-state index is 13.6. The van der Waals surface area contributed by atoms with Crippen molar-refractivity contribution < 1.29 is 9.50 Å². The maximum absolute atomic E-state index is 13.6. The average molecular weight is 344 g/mol. The summed E-state index contributed by atoms with van der Waals surface area (Å²) < 4.78 is 14.5. The minimum atomic E-state index is -0.760. The largest absolute Gasteiger partial charge is 0.388 e. The van der Waals surface area contributed by atoms with Crippen molar-refractivity contribution in [1.29, 1.82) is 0 Å². The van der Waals surface area contributed by atoms with E-state index in [1.807, 2.05) is 25.1 Å². The highest BCUT2D eigenvalue weighted by Crippen LogP contribution is 2.25. The van der Waals surface area contributed by atoms with Crippen LogP contribution < -0.4 is 0 Å². The third-order valence-electron chi connectivity index (χ3n) is 2.87. The van der Waals surface area contributed by atoms with Crippen molar-refractivity contribution in [3.63, 3.8) is 0 Å². The zero-order valence-electron chi connectivity index (χ0n) is 10.3. The van der Waals surface area contributed by atoms with Gasteiger partial charge in [0.1, 0.15) is 5.82 Å². The van der Waals surface area contributed by atoms with Gasteiger partial charge in [-0.15, -0.1) is 0 Å². The van der Waals surface area contributed by atoms with E-state index < -0.39 is 6.10 Å². The maximum Gasteiger partial charge on any atom is 0.126 e. The monoisotopic (exact) mass is 342 g/mol. The molecular weight excluding hydrogens is 331 g/mol. The van der Waals surface area contributed by atoms with Crippen molar-refractivity contribution in [2.45, 2.75) is 19.4 Å². The number of rotatable bonds is 3. The fourth-order valence-corrected chi connectivity index (χ4v) is 2.80. The van der Waals surface area contributed by atoms with Crippen molar-refractivity contribution in [3.05, 3.63) is 68.4 Å². The van der Waals surface area contributed by atoms with Gasteiger partial charge in [0.25, 0.3) is 0 Å². The zero-order chi connectivity index (χ0) is 14.0. The second kappa shape index (κ2) is 6.04. The molecule has 0 aliphatic rings. The molecule has 0 bridgehead atoms. The summed E-state index contributed by atoms with van der Waals surface area (Å²) in [5.41, 5.74) is 2.21. The van der Waals surface area contributed by atoms with Crippen LogP contribution in [0.4, 0.5) is 4.39 Å².